The SMILES string of the molecule is CCOc1cc(/C(=C/CS(C)(=O)=O)NC(=O)C(F)(F)F)ccc1OC. The van der Waals surface area contributed by atoms with Crippen LogP contribution >= 0.6 is 0 Å². The van der Waals surface area contributed by atoms with E-state index < -0.39 is 27.7 Å². The van der Waals surface area contributed by atoms with Gasteiger partial charge < -0.3 is 14.8 Å². The molecule has 140 valence electrons. The quantitative estimate of drug-likeness (QED) is 0.783. The number of amides is 1. The normalized spacial score (nSPS) is 12.6. The minimum atomic E-state index is -5.11. The molecule has 1 aromatic rings. The fourth-order valence-electron chi connectivity index (χ4n) is 1.78. The van der Waals surface area contributed by atoms with Gasteiger partial charge in [0.2, 0.25) is 0 Å². The summed E-state index contributed by atoms with van der Waals surface area (Å²) < 4.78 is 70.5. The number of alkyl halides is 3. The number of ether oxygens (including phenoxy) is 2. The Morgan fingerprint density at radius 3 is 2.40 bits per heavy atom. The Bertz CT molecular complexity index is 757. The molecule has 0 fully saturated rings. The fourth-order valence-corrected chi connectivity index (χ4v) is 2.25. The number of halogens is 3. The van der Waals surface area contributed by atoms with Gasteiger partial charge in [-0.2, -0.15) is 13.2 Å². The number of nitrogens with one attached hydrogen (secondary N) is 1. The fraction of sp³-hybridized carbons (Fsp3) is 0.400. The Kier molecular flexibility index (Phi) is 6.86. The van der Waals surface area contributed by atoms with Crippen molar-refractivity contribution < 1.29 is 35.9 Å². The molecule has 0 bridgehead atoms. The topological polar surface area (TPSA) is 81.7 Å². The maximum absolute atomic E-state index is 12.5. The van der Waals surface area contributed by atoms with Crippen LogP contribution in [-0.2, 0) is 14.6 Å². The maximum atomic E-state index is 12.5. The Hall–Kier alpha value is -2.23. The Morgan fingerprint density at radius 2 is 1.92 bits per heavy atom. The molecule has 0 radical (unpaired) electrons. The highest BCUT2D eigenvalue weighted by atomic mass is 32.2. The zero-order chi connectivity index (χ0) is 19.3. The summed E-state index contributed by atoms with van der Waals surface area (Å²) in [5.41, 5.74) is -0.151. The zero-order valence-corrected chi connectivity index (χ0v) is 14.6. The van der Waals surface area contributed by atoms with Crippen molar-refractivity contribution in [1.29, 1.82) is 0 Å². The van der Waals surface area contributed by atoms with Gasteiger partial charge in [-0.1, -0.05) is 0 Å². The summed E-state index contributed by atoms with van der Waals surface area (Å²) >= 11 is 0. The third kappa shape index (κ3) is 6.65. The molecular formula is C15H18F3NO5S. The summed E-state index contributed by atoms with van der Waals surface area (Å²) in [5, 5.41) is 1.69. The van der Waals surface area contributed by atoms with Gasteiger partial charge in [0.05, 0.1) is 19.5 Å². The van der Waals surface area contributed by atoms with Crippen LogP contribution in [0.3, 0.4) is 0 Å². The standard InChI is InChI=1S/C15H18F3NO5S/c1-4-24-13-9-10(5-6-12(13)23-2)11(7-8-25(3,21)22)19-14(20)15(16,17)18/h5-7,9H,4,8H2,1-3H3,(H,19,20)/b11-7-. The zero-order valence-electron chi connectivity index (χ0n) is 13.8. The first-order chi connectivity index (χ1) is 11.5. The minimum absolute atomic E-state index is 0.144. The molecule has 0 atom stereocenters. The molecule has 0 spiro atoms. The van der Waals surface area contributed by atoms with E-state index in [4.69, 9.17) is 9.47 Å². The summed E-state index contributed by atoms with van der Waals surface area (Å²) in [4.78, 5) is 11.2. The molecule has 0 aliphatic carbocycles. The van der Waals surface area contributed by atoms with Crippen molar-refractivity contribution in [2.24, 2.45) is 0 Å². The predicted octanol–water partition coefficient (Wildman–Crippen LogP) is 2.16. The second-order valence-electron chi connectivity index (χ2n) is 4.96. The molecule has 1 amide bonds. The van der Waals surface area contributed by atoms with E-state index in [1.54, 1.807) is 12.2 Å². The molecule has 6 nitrogen and oxygen atoms in total. The van der Waals surface area contributed by atoms with Gasteiger partial charge in [-0.25, -0.2) is 8.42 Å². The predicted molar refractivity (Wildman–Crippen MR) is 86.0 cm³/mol. The lowest BCUT2D eigenvalue weighted by molar-refractivity contribution is -0.172. The van der Waals surface area contributed by atoms with Crippen LogP contribution in [0.5, 0.6) is 11.5 Å². The maximum Gasteiger partial charge on any atom is 0.471 e. The first-order valence-electron chi connectivity index (χ1n) is 7.05. The van der Waals surface area contributed by atoms with Gasteiger partial charge in [-0.05, 0) is 31.2 Å². The third-order valence-corrected chi connectivity index (χ3v) is 3.64. The van der Waals surface area contributed by atoms with Crippen LogP contribution in [-0.4, -0.2) is 46.2 Å². The molecule has 0 aliphatic heterocycles. The Balaban J connectivity index is 3.31. The van der Waals surface area contributed by atoms with E-state index in [9.17, 15) is 26.4 Å². The van der Waals surface area contributed by atoms with E-state index >= 15 is 0 Å². The second-order valence-corrected chi connectivity index (χ2v) is 7.15. The van der Waals surface area contributed by atoms with Gasteiger partial charge in [-0.15, -0.1) is 0 Å². The summed E-state index contributed by atoms with van der Waals surface area (Å²) in [6, 6.07) is 4.17. The summed E-state index contributed by atoms with van der Waals surface area (Å²) in [5.74, 6) is -2.17. The van der Waals surface area contributed by atoms with Crippen molar-refractivity contribution in [2.75, 3.05) is 25.7 Å². The molecule has 0 unspecified atom stereocenters. The lowest BCUT2D eigenvalue weighted by atomic mass is 10.1. The molecule has 0 aliphatic rings. The number of sulfone groups is 1. The van der Waals surface area contributed by atoms with Crippen molar-refractivity contribution >= 4 is 21.4 Å². The van der Waals surface area contributed by atoms with Gasteiger partial charge in [0.25, 0.3) is 0 Å². The van der Waals surface area contributed by atoms with Crippen LogP contribution in [0.4, 0.5) is 13.2 Å². The van der Waals surface area contributed by atoms with Gasteiger partial charge in [0.15, 0.2) is 21.3 Å². The lowest BCUT2D eigenvalue weighted by Gasteiger charge is -2.15. The largest absolute Gasteiger partial charge is 0.493 e. The van der Waals surface area contributed by atoms with E-state index in [1.165, 1.54) is 25.3 Å². The van der Waals surface area contributed by atoms with E-state index in [2.05, 4.69) is 0 Å². The van der Waals surface area contributed by atoms with Gasteiger partial charge in [0, 0.05) is 17.5 Å². The van der Waals surface area contributed by atoms with Gasteiger partial charge >= 0.3 is 12.1 Å². The highest BCUT2D eigenvalue weighted by Crippen LogP contribution is 2.30. The third-order valence-electron chi connectivity index (χ3n) is 2.87. The number of hydrogen-bond acceptors (Lipinski definition) is 5. The second kappa shape index (κ2) is 8.24. The number of benzene rings is 1. The highest BCUT2D eigenvalue weighted by molar-refractivity contribution is 7.90. The van der Waals surface area contributed by atoms with Crippen molar-refractivity contribution in [1.82, 2.24) is 5.32 Å². The van der Waals surface area contributed by atoms with Crippen molar-refractivity contribution in [3.05, 3.63) is 29.8 Å². The minimum Gasteiger partial charge on any atom is -0.493 e. The Labute approximate surface area is 143 Å². The molecule has 0 saturated carbocycles. The average molecular weight is 381 g/mol. The van der Waals surface area contributed by atoms with E-state index in [0.29, 0.717) is 5.75 Å². The van der Waals surface area contributed by atoms with Crippen LogP contribution in [0.25, 0.3) is 5.70 Å². The summed E-state index contributed by atoms with van der Waals surface area (Å²) in [6.07, 6.45) is -3.19. The highest BCUT2D eigenvalue weighted by Gasteiger charge is 2.39. The van der Waals surface area contributed by atoms with Crippen LogP contribution in [0.15, 0.2) is 24.3 Å². The molecule has 1 rings (SSSR count). The monoisotopic (exact) mass is 381 g/mol. The van der Waals surface area contributed by atoms with E-state index in [0.717, 1.165) is 12.3 Å². The molecular weight excluding hydrogens is 363 g/mol. The van der Waals surface area contributed by atoms with Crippen molar-refractivity contribution in [2.45, 2.75) is 13.1 Å². The van der Waals surface area contributed by atoms with Gasteiger partial charge in [-0.3, -0.25) is 4.79 Å². The Morgan fingerprint density at radius 1 is 1.28 bits per heavy atom. The van der Waals surface area contributed by atoms with Crippen LogP contribution in [0.2, 0.25) is 0 Å². The average Bonchev–Trinajstić information content (AvgIpc) is 2.49. The van der Waals surface area contributed by atoms with Crippen molar-refractivity contribution in [3.8, 4) is 11.5 Å². The first kappa shape index (κ1) is 20.8. The lowest BCUT2D eigenvalue weighted by Crippen LogP contribution is -2.35. The van der Waals surface area contributed by atoms with Crippen LogP contribution in [0.1, 0.15) is 12.5 Å². The summed E-state index contributed by atoms with van der Waals surface area (Å²) in [7, 11) is -2.10. The van der Waals surface area contributed by atoms with E-state index in [-0.39, 0.29) is 23.6 Å². The molecule has 0 aromatic heterocycles. The number of methoxy groups -OCH3 is 1. The van der Waals surface area contributed by atoms with E-state index in [1.807, 2.05) is 0 Å². The number of carbonyl (C=O) groups is 1. The summed E-state index contributed by atoms with van der Waals surface area (Å²) in [6.45, 7) is 1.98. The smallest absolute Gasteiger partial charge is 0.471 e. The molecule has 1 N–H and O–H groups in total. The first-order valence-corrected chi connectivity index (χ1v) is 9.11. The van der Waals surface area contributed by atoms with Crippen LogP contribution < -0.4 is 14.8 Å². The molecule has 0 heterocycles. The molecule has 25 heavy (non-hydrogen) atoms. The van der Waals surface area contributed by atoms with Gasteiger partial charge in [0.1, 0.15) is 0 Å². The number of hydrogen-bond donors (Lipinski definition) is 1. The molecule has 0 saturated heterocycles. The molecule has 1 aromatic carbocycles. The van der Waals surface area contributed by atoms with Crippen molar-refractivity contribution in [3.63, 3.8) is 0 Å². The number of carbonyl (C=O) groups excluding carboxylic acids is 1. The number of rotatable bonds is 7. The van der Waals surface area contributed by atoms with Crippen LogP contribution in [0, 0.1) is 0 Å². The molecule has 10 heteroatoms.